The molecule has 0 amide bonds. The van der Waals surface area contributed by atoms with Gasteiger partial charge in [-0.15, -0.1) is 0 Å². The van der Waals surface area contributed by atoms with Crippen LogP contribution in [0.15, 0.2) is 42.5 Å². The monoisotopic (exact) mass is 281 g/mol. The van der Waals surface area contributed by atoms with Crippen molar-refractivity contribution in [3.8, 4) is 0 Å². The van der Waals surface area contributed by atoms with E-state index in [1.807, 2.05) is 6.92 Å². The Bertz CT molecular complexity index is 572. The van der Waals surface area contributed by atoms with Crippen molar-refractivity contribution in [2.24, 2.45) is 0 Å². The van der Waals surface area contributed by atoms with Gasteiger partial charge in [0.05, 0.1) is 11.1 Å². The van der Waals surface area contributed by atoms with Crippen LogP contribution in [-0.4, -0.2) is 0 Å². The zero-order valence-electron chi connectivity index (χ0n) is 10.5. The molecule has 2 aromatic carbocycles. The van der Waals surface area contributed by atoms with Gasteiger partial charge in [-0.2, -0.15) is 0 Å². The average Bonchev–Trinajstić information content (AvgIpc) is 2.41. The predicted molar refractivity (Wildman–Crippen MR) is 74.5 cm³/mol. The van der Waals surface area contributed by atoms with Crippen LogP contribution in [0.25, 0.3) is 0 Å². The second-order valence-electron chi connectivity index (χ2n) is 4.26. The molecule has 1 unspecified atom stereocenters. The van der Waals surface area contributed by atoms with E-state index in [2.05, 4.69) is 5.32 Å². The molecule has 1 nitrogen and oxygen atoms in total. The largest absolute Gasteiger partial charge is 0.378 e. The molecule has 19 heavy (non-hydrogen) atoms. The topological polar surface area (TPSA) is 12.0 Å². The first-order chi connectivity index (χ1) is 9.11. The summed E-state index contributed by atoms with van der Waals surface area (Å²) in [5.41, 5.74) is 1.15. The average molecular weight is 282 g/mol. The Morgan fingerprint density at radius 1 is 1.11 bits per heavy atom. The number of rotatable bonds is 4. The summed E-state index contributed by atoms with van der Waals surface area (Å²) in [6.45, 7) is 1.94. The molecule has 0 heterocycles. The minimum absolute atomic E-state index is 0.0736. The second kappa shape index (κ2) is 6.02. The molecule has 2 rings (SSSR count). The highest BCUT2D eigenvalue weighted by Gasteiger charge is 2.13. The molecule has 0 bridgehead atoms. The summed E-state index contributed by atoms with van der Waals surface area (Å²) < 4.78 is 27.1. The van der Waals surface area contributed by atoms with E-state index in [0.717, 1.165) is 0 Å². The van der Waals surface area contributed by atoms with Crippen LogP contribution in [0.2, 0.25) is 5.02 Å². The van der Waals surface area contributed by atoms with E-state index in [-0.39, 0.29) is 16.9 Å². The summed E-state index contributed by atoms with van der Waals surface area (Å²) in [6, 6.07) is 10.8. The first kappa shape index (κ1) is 13.8. The zero-order valence-corrected chi connectivity index (χ0v) is 11.2. The summed E-state index contributed by atoms with van der Waals surface area (Å²) >= 11 is 5.63. The zero-order chi connectivity index (χ0) is 13.8. The highest BCUT2D eigenvalue weighted by molar-refractivity contribution is 6.30. The van der Waals surface area contributed by atoms with Crippen LogP contribution in [-0.2, 0) is 0 Å². The molecule has 0 saturated heterocycles. The Labute approximate surface area is 116 Å². The van der Waals surface area contributed by atoms with Crippen molar-refractivity contribution in [1.29, 1.82) is 0 Å². The van der Waals surface area contributed by atoms with Crippen molar-refractivity contribution in [3.05, 3.63) is 64.7 Å². The summed E-state index contributed by atoms with van der Waals surface area (Å²) in [7, 11) is 0. The summed E-state index contributed by atoms with van der Waals surface area (Å²) in [5, 5.41) is 3.19. The maximum absolute atomic E-state index is 13.7. The number of benzene rings is 2. The molecule has 0 aliphatic rings. The van der Waals surface area contributed by atoms with Gasteiger partial charge in [0, 0.05) is 11.3 Å². The van der Waals surface area contributed by atoms with E-state index < -0.39 is 5.82 Å². The molecule has 0 fully saturated rings. The molecule has 0 radical (unpaired) electrons. The lowest BCUT2D eigenvalue weighted by molar-refractivity contribution is 0.587. The van der Waals surface area contributed by atoms with Crippen LogP contribution in [0, 0.1) is 11.6 Å². The number of hydrogen-bond donors (Lipinski definition) is 1. The number of hydrogen-bond acceptors (Lipinski definition) is 1. The van der Waals surface area contributed by atoms with E-state index in [4.69, 9.17) is 11.6 Å². The van der Waals surface area contributed by atoms with Crippen LogP contribution in [0.1, 0.15) is 24.9 Å². The quantitative estimate of drug-likeness (QED) is 0.814. The molecular weight excluding hydrogens is 268 g/mol. The molecule has 4 heteroatoms. The van der Waals surface area contributed by atoms with Crippen LogP contribution >= 0.6 is 11.6 Å². The Hall–Kier alpha value is -1.61. The highest BCUT2D eigenvalue weighted by atomic mass is 35.5. The summed E-state index contributed by atoms with van der Waals surface area (Å²) in [5.74, 6) is -0.758. The van der Waals surface area contributed by atoms with E-state index in [1.165, 1.54) is 18.2 Å². The van der Waals surface area contributed by atoms with Gasteiger partial charge in [0.15, 0.2) is 0 Å². The normalized spacial score (nSPS) is 12.2. The van der Waals surface area contributed by atoms with Crippen LogP contribution in [0.3, 0.4) is 0 Å². The molecule has 0 saturated carbocycles. The van der Waals surface area contributed by atoms with Gasteiger partial charge in [0.25, 0.3) is 0 Å². The highest BCUT2D eigenvalue weighted by Crippen LogP contribution is 2.26. The molecule has 0 aromatic heterocycles. The van der Waals surface area contributed by atoms with Gasteiger partial charge in [-0.25, -0.2) is 8.78 Å². The van der Waals surface area contributed by atoms with Crippen LogP contribution in [0.5, 0.6) is 0 Å². The SMILES string of the molecule is CCC(Nc1ccc(Cl)c(F)c1)c1ccccc1F. The lowest BCUT2D eigenvalue weighted by atomic mass is 10.0. The third-order valence-corrected chi connectivity index (χ3v) is 3.26. The third-order valence-electron chi connectivity index (χ3n) is 2.95. The fourth-order valence-electron chi connectivity index (χ4n) is 1.94. The van der Waals surface area contributed by atoms with Gasteiger partial charge in [0.1, 0.15) is 11.6 Å². The maximum atomic E-state index is 13.7. The molecule has 0 aliphatic heterocycles. The predicted octanol–water partition coefficient (Wildman–Crippen LogP) is 5.18. The Morgan fingerprint density at radius 2 is 1.84 bits per heavy atom. The molecule has 1 N–H and O–H groups in total. The van der Waals surface area contributed by atoms with Crippen LogP contribution < -0.4 is 5.32 Å². The summed E-state index contributed by atoms with van der Waals surface area (Å²) in [4.78, 5) is 0. The number of halogens is 3. The van der Waals surface area contributed by atoms with Crippen molar-refractivity contribution in [3.63, 3.8) is 0 Å². The van der Waals surface area contributed by atoms with E-state index in [9.17, 15) is 8.78 Å². The fourth-order valence-corrected chi connectivity index (χ4v) is 2.06. The molecule has 0 spiro atoms. The Morgan fingerprint density at radius 3 is 2.47 bits per heavy atom. The van der Waals surface area contributed by atoms with Crippen molar-refractivity contribution in [2.75, 3.05) is 5.32 Å². The minimum Gasteiger partial charge on any atom is -0.378 e. The van der Waals surface area contributed by atoms with Gasteiger partial charge < -0.3 is 5.32 Å². The van der Waals surface area contributed by atoms with Gasteiger partial charge in [-0.1, -0.05) is 36.7 Å². The molecule has 2 aromatic rings. The van der Waals surface area contributed by atoms with Crippen molar-refractivity contribution < 1.29 is 8.78 Å². The lowest BCUT2D eigenvalue weighted by Crippen LogP contribution is -2.11. The number of nitrogens with one attached hydrogen (secondary N) is 1. The summed E-state index contributed by atoms with van der Waals surface area (Å²) in [6.07, 6.45) is 0.686. The third kappa shape index (κ3) is 3.24. The number of anilines is 1. The van der Waals surface area contributed by atoms with Crippen molar-refractivity contribution in [1.82, 2.24) is 0 Å². The smallest absolute Gasteiger partial charge is 0.143 e. The van der Waals surface area contributed by atoms with E-state index >= 15 is 0 Å². The van der Waals surface area contributed by atoms with Gasteiger partial charge in [-0.3, -0.25) is 0 Å². The molecular formula is C15H14ClF2N. The second-order valence-corrected chi connectivity index (χ2v) is 4.66. The first-order valence-corrected chi connectivity index (χ1v) is 6.45. The van der Waals surface area contributed by atoms with Crippen LogP contribution in [0.4, 0.5) is 14.5 Å². The molecule has 0 aliphatic carbocycles. The van der Waals surface area contributed by atoms with Gasteiger partial charge in [0.2, 0.25) is 0 Å². The van der Waals surface area contributed by atoms with Crippen molar-refractivity contribution >= 4 is 17.3 Å². The van der Waals surface area contributed by atoms with Gasteiger partial charge >= 0.3 is 0 Å². The Kier molecular flexibility index (Phi) is 4.38. The lowest BCUT2D eigenvalue weighted by Gasteiger charge is -2.19. The fraction of sp³-hybridized carbons (Fsp3) is 0.200. The maximum Gasteiger partial charge on any atom is 0.143 e. The van der Waals surface area contributed by atoms with Crippen molar-refractivity contribution in [2.45, 2.75) is 19.4 Å². The standard InChI is InChI=1S/C15H14ClF2N/c1-2-15(11-5-3-4-6-13(11)17)19-10-7-8-12(16)14(18)9-10/h3-9,15,19H,2H2,1H3. The Balaban J connectivity index is 2.24. The molecule has 1 atom stereocenters. The van der Waals surface area contributed by atoms with E-state index in [1.54, 1.807) is 24.3 Å². The minimum atomic E-state index is -0.491. The van der Waals surface area contributed by atoms with E-state index in [0.29, 0.717) is 17.7 Å². The first-order valence-electron chi connectivity index (χ1n) is 6.08. The van der Waals surface area contributed by atoms with Gasteiger partial charge in [-0.05, 0) is 30.7 Å². The molecule has 100 valence electrons.